The molecule has 0 bridgehead atoms. The molecule has 4 heteroatoms. The molecule has 0 unspecified atom stereocenters. The Kier molecular flexibility index (Phi) is 3.27. The second-order valence-electron chi connectivity index (χ2n) is 3.77. The number of nitrogens with zero attached hydrogens (tertiary/aromatic N) is 2. The Morgan fingerprint density at radius 1 is 1.31 bits per heavy atom. The Morgan fingerprint density at radius 3 is 2.62 bits per heavy atom. The molecule has 0 aliphatic carbocycles. The fourth-order valence-electron chi connectivity index (χ4n) is 1.66. The van der Waals surface area contributed by atoms with E-state index < -0.39 is 0 Å². The molecule has 1 heterocycles. The van der Waals surface area contributed by atoms with E-state index in [0.717, 1.165) is 23.0 Å². The van der Waals surface area contributed by atoms with Gasteiger partial charge in [-0.25, -0.2) is 0 Å². The van der Waals surface area contributed by atoms with E-state index in [2.05, 4.69) is 5.10 Å². The second-order valence-corrected chi connectivity index (χ2v) is 4.20. The molecule has 1 aromatic heterocycles. The number of halogens is 1. The molecule has 0 saturated heterocycles. The number of aryl methyl sites for hydroxylation is 1. The van der Waals surface area contributed by atoms with Crippen LogP contribution in [-0.2, 0) is 13.1 Å². The van der Waals surface area contributed by atoms with Gasteiger partial charge in [-0.1, -0.05) is 23.7 Å². The lowest BCUT2D eigenvalue weighted by Crippen LogP contribution is -2.09. The molecular formula is C12H14ClN3. The van der Waals surface area contributed by atoms with Gasteiger partial charge >= 0.3 is 0 Å². The fraction of sp³-hybridized carbons (Fsp3) is 0.250. The molecule has 84 valence electrons. The van der Waals surface area contributed by atoms with Gasteiger partial charge in [0, 0.05) is 11.6 Å². The summed E-state index contributed by atoms with van der Waals surface area (Å²) >= 11 is 5.83. The SMILES string of the molecule is Cc1cc(CN)n(Cc2ccc(Cl)cc2)n1. The van der Waals surface area contributed by atoms with E-state index in [-0.39, 0.29) is 0 Å². The number of rotatable bonds is 3. The molecule has 0 amide bonds. The van der Waals surface area contributed by atoms with E-state index in [1.54, 1.807) is 0 Å². The Balaban J connectivity index is 2.22. The normalized spacial score (nSPS) is 10.7. The predicted molar refractivity (Wildman–Crippen MR) is 65.4 cm³/mol. The van der Waals surface area contributed by atoms with Crippen LogP contribution in [-0.4, -0.2) is 9.78 Å². The van der Waals surface area contributed by atoms with Crippen LogP contribution in [0.2, 0.25) is 5.02 Å². The van der Waals surface area contributed by atoms with Crippen molar-refractivity contribution in [1.29, 1.82) is 0 Å². The van der Waals surface area contributed by atoms with Crippen molar-refractivity contribution in [2.24, 2.45) is 5.73 Å². The standard InChI is InChI=1S/C12H14ClN3/c1-9-6-12(7-14)16(15-9)8-10-2-4-11(13)5-3-10/h2-6H,7-8,14H2,1H3. The van der Waals surface area contributed by atoms with Crippen molar-refractivity contribution in [2.45, 2.75) is 20.0 Å². The third kappa shape index (κ3) is 2.43. The average molecular weight is 236 g/mol. The summed E-state index contributed by atoms with van der Waals surface area (Å²) in [7, 11) is 0. The summed E-state index contributed by atoms with van der Waals surface area (Å²) in [6, 6.07) is 9.78. The molecule has 2 aromatic rings. The monoisotopic (exact) mass is 235 g/mol. The summed E-state index contributed by atoms with van der Waals surface area (Å²) in [6.07, 6.45) is 0. The van der Waals surface area contributed by atoms with Crippen molar-refractivity contribution in [2.75, 3.05) is 0 Å². The summed E-state index contributed by atoms with van der Waals surface area (Å²) in [4.78, 5) is 0. The van der Waals surface area contributed by atoms with Crippen molar-refractivity contribution in [3.63, 3.8) is 0 Å². The summed E-state index contributed by atoms with van der Waals surface area (Å²) in [5.41, 5.74) is 8.87. The Hall–Kier alpha value is -1.32. The minimum absolute atomic E-state index is 0.508. The van der Waals surface area contributed by atoms with Crippen molar-refractivity contribution < 1.29 is 0 Å². The van der Waals surface area contributed by atoms with Crippen LogP contribution >= 0.6 is 11.6 Å². The molecule has 2 rings (SSSR count). The molecule has 0 aliphatic heterocycles. The first kappa shape index (κ1) is 11.2. The van der Waals surface area contributed by atoms with Gasteiger partial charge < -0.3 is 5.73 Å². The maximum atomic E-state index is 5.83. The topological polar surface area (TPSA) is 43.8 Å². The third-order valence-corrected chi connectivity index (χ3v) is 2.69. The molecular weight excluding hydrogens is 222 g/mol. The van der Waals surface area contributed by atoms with E-state index in [4.69, 9.17) is 17.3 Å². The first-order chi connectivity index (χ1) is 7.69. The van der Waals surface area contributed by atoms with Crippen LogP contribution in [0.25, 0.3) is 0 Å². The van der Waals surface area contributed by atoms with Crippen LogP contribution in [0.3, 0.4) is 0 Å². The van der Waals surface area contributed by atoms with Crippen molar-refractivity contribution in [1.82, 2.24) is 9.78 Å². The zero-order valence-electron chi connectivity index (χ0n) is 9.15. The van der Waals surface area contributed by atoms with Crippen molar-refractivity contribution in [3.8, 4) is 0 Å². The van der Waals surface area contributed by atoms with E-state index >= 15 is 0 Å². The lowest BCUT2D eigenvalue weighted by molar-refractivity contribution is 0.641. The molecule has 0 aliphatic rings. The number of hydrogen-bond donors (Lipinski definition) is 1. The Morgan fingerprint density at radius 2 is 2.00 bits per heavy atom. The highest BCUT2D eigenvalue weighted by atomic mass is 35.5. The van der Waals surface area contributed by atoms with Crippen LogP contribution in [0.4, 0.5) is 0 Å². The van der Waals surface area contributed by atoms with Gasteiger partial charge in [0.1, 0.15) is 0 Å². The maximum Gasteiger partial charge on any atom is 0.0663 e. The van der Waals surface area contributed by atoms with E-state index in [9.17, 15) is 0 Å². The van der Waals surface area contributed by atoms with Gasteiger partial charge in [0.25, 0.3) is 0 Å². The van der Waals surface area contributed by atoms with E-state index in [1.807, 2.05) is 41.9 Å². The van der Waals surface area contributed by atoms with Gasteiger partial charge in [0.15, 0.2) is 0 Å². The van der Waals surface area contributed by atoms with Crippen LogP contribution in [0.5, 0.6) is 0 Å². The number of hydrogen-bond acceptors (Lipinski definition) is 2. The smallest absolute Gasteiger partial charge is 0.0663 e. The predicted octanol–water partition coefficient (Wildman–Crippen LogP) is 2.35. The largest absolute Gasteiger partial charge is 0.325 e. The molecule has 3 nitrogen and oxygen atoms in total. The van der Waals surface area contributed by atoms with Crippen molar-refractivity contribution >= 4 is 11.6 Å². The van der Waals surface area contributed by atoms with Crippen LogP contribution < -0.4 is 5.73 Å². The molecule has 0 radical (unpaired) electrons. The van der Waals surface area contributed by atoms with Gasteiger partial charge in [0.05, 0.1) is 17.9 Å². The van der Waals surface area contributed by atoms with Crippen LogP contribution in [0, 0.1) is 6.92 Å². The molecule has 1 aromatic carbocycles. The molecule has 16 heavy (non-hydrogen) atoms. The molecule has 0 saturated carbocycles. The quantitative estimate of drug-likeness (QED) is 0.888. The summed E-state index contributed by atoms with van der Waals surface area (Å²) in [5, 5.41) is 5.15. The minimum Gasteiger partial charge on any atom is -0.325 e. The summed E-state index contributed by atoms with van der Waals surface area (Å²) < 4.78 is 1.93. The lowest BCUT2D eigenvalue weighted by Gasteiger charge is -2.05. The molecule has 0 spiro atoms. The lowest BCUT2D eigenvalue weighted by atomic mass is 10.2. The highest BCUT2D eigenvalue weighted by Crippen LogP contribution is 2.12. The van der Waals surface area contributed by atoms with Gasteiger partial charge in [0.2, 0.25) is 0 Å². The average Bonchev–Trinajstić information content (AvgIpc) is 2.62. The van der Waals surface area contributed by atoms with Gasteiger partial charge in [-0.3, -0.25) is 4.68 Å². The van der Waals surface area contributed by atoms with Gasteiger partial charge in [-0.15, -0.1) is 0 Å². The zero-order chi connectivity index (χ0) is 11.5. The van der Waals surface area contributed by atoms with E-state index in [1.165, 1.54) is 5.56 Å². The molecule has 0 fully saturated rings. The molecule has 2 N–H and O–H groups in total. The first-order valence-corrected chi connectivity index (χ1v) is 5.54. The number of benzene rings is 1. The molecule has 0 atom stereocenters. The van der Waals surface area contributed by atoms with Gasteiger partial charge in [-0.2, -0.15) is 5.10 Å². The van der Waals surface area contributed by atoms with Crippen LogP contribution in [0.15, 0.2) is 30.3 Å². The number of nitrogens with two attached hydrogens (primary N) is 1. The Bertz CT molecular complexity index is 474. The van der Waals surface area contributed by atoms with Crippen molar-refractivity contribution in [3.05, 3.63) is 52.3 Å². The van der Waals surface area contributed by atoms with Crippen LogP contribution in [0.1, 0.15) is 17.0 Å². The summed E-state index contributed by atoms with van der Waals surface area (Å²) in [5.74, 6) is 0. The second kappa shape index (κ2) is 4.68. The fourth-order valence-corrected chi connectivity index (χ4v) is 1.79. The highest BCUT2D eigenvalue weighted by Gasteiger charge is 2.04. The zero-order valence-corrected chi connectivity index (χ0v) is 9.91. The summed E-state index contributed by atoms with van der Waals surface area (Å²) in [6.45, 7) is 3.21. The Labute approximate surface area is 99.8 Å². The van der Waals surface area contributed by atoms with E-state index in [0.29, 0.717) is 6.54 Å². The maximum absolute atomic E-state index is 5.83. The highest BCUT2D eigenvalue weighted by molar-refractivity contribution is 6.30. The minimum atomic E-state index is 0.508. The first-order valence-electron chi connectivity index (χ1n) is 5.17. The third-order valence-electron chi connectivity index (χ3n) is 2.44. The number of aromatic nitrogens is 2. The van der Waals surface area contributed by atoms with Gasteiger partial charge in [-0.05, 0) is 30.7 Å².